The van der Waals surface area contributed by atoms with Crippen molar-refractivity contribution in [1.82, 2.24) is 10.2 Å². The molecule has 1 aliphatic heterocycles. The molecule has 1 saturated heterocycles. The first-order chi connectivity index (χ1) is 10.5. The minimum Gasteiger partial charge on any atom is -0.355 e. The van der Waals surface area contributed by atoms with E-state index >= 15 is 0 Å². The molecule has 122 valence electrons. The average molecular weight is 323 g/mol. The normalized spacial score (nSPS) is 18.8. The maximum absolute atomic E-state index is 12.0. The fraction of sp³-hybridized carbons (Fsp3) is 0.611. The quantitative estimate of drug-likeness (QED) is 0.833. The maximum atomic E-state index is 12.0. The molecule has 0 bridgehead atoms. The summed E-state index contributed by atoms with van der Waals surface area (Å²) in [6.45, 7) is 7.57. The first kappa shape index (κ1) is 17.3. The third kappa shape index (κ3) is 5.62. The first-order valence-electron chi connectivity index (χ1n) is 8.30. The molecule has 1 aliphatic rings. The van der Waals surface area contributed by atoms with Crippen molar-refractivity contribution in [3.05, 3.63) is 34.9 Å². The number of likely N-dealkylation sites (tertiary alicyclic amines) is 1. The number of carbonyl (C=O) groups is 1. The molecule has 0 unspecified atom stereocenters. The van der Waals surface area contributed by atoms with Crippen molar-refractivity contribution in [2.24, 2.45) is 5.92 Å². The van der Waals surface area contributed by atoms with Gasteiger partial charge >= 0.3 is 0 Å². The van der Waals surface area contributed by atoms with Crippen LogP contribution in [0.15, 0.2) is 24.3 Å². The van der Waals surface area contributed by atoms with Crippen LogP contribution >= 0.6 is 11.6 Å². The zero-order valence-corrected chi connectivity index (χ0v) is 14.4. The van der Waals surface area contributed by atoms with Crippen LogP contribution in [0.3, 0.4) is 0 Å². The highest BCUT2D eigenvalue weighted by Crippen LogP contribution is 2.18. The van der Waals surface area contributed by atoms with Gasteiger partial charge in [-0.25, -0.2) is 0 Å². The fourth-order valence-electron chi connectivity index (χ4n) is 3.11. The van der Waals surface area contributed by atoms with Crippen LogP contribution < -0.4 is 5.32 Å². The highest BCUT2D eigenvalue weighted by molar-refractivity contribution is 6.30. The Balaban J connectivity index is 1.71. The van der Waals surface area contributed by atoms with E-state index in [1.54, 1.807) is 0 Å². The zero-order chi connectivity index (χ0) is 15.9. The second kappa shape index (κ2) is 8.54. The summed E-state index contributed by atoms with van der Waals surface area (Å²) in [5.41, 5.74) is 1.12. The predicted octanol–water partition coefficient (Wildman–Crippen LogP) is 3.51. The number of amides is 1. The lowest BCUT2D eigenvalue weighted by Gasteiger charge is -2.26. The van der Waals surface area contributed by atoms with Gasteiger partial charge in [0.15, 0.2) is 0 Å². The Morgan fingerprint density at radius 3 is 3.00 bits per heavy atom. The van der Waals surface area contributed by atoms with Crippen molar-refractivity contribution in [3.63, 3.8) is 0 Å². The lowest BCUT2D eigenvalue weighted by Crippen LogP contribution is -2.41. The molecule has 1 heterocycles. The Labute approximate surface area is 139 Å². The van der Waals surface area contributed by atoms with E-state index in [0.29, 0.717) is 18.4 Å². The highest BCUT2D eigenvalue weighted by Gasteiger charge is 2.24. The number of benzene rings is 1. The molecule has 1 atom stereocenters. The summed E-state index contributed by atoms with van der Waals surface area (Å²) in [6, 6.07) is 8.24. The van der Waals surface area contributed by atoms with E-state index < -0.39 is 0 Å². The summed E-state index contributed by atoms with van der Waals surface area (Å²) in [5.74, 6) is 0.815. The number of aryl methyl sites for hydroxylation is 1. The third-order valence-electron chi connectivity index (χ3n) is 4.16. The SMILES string of the molecule is CC(C)CN1CCC[C@H]1CNC(=O)CCc1cccc(Cl)c1. The lowest BCUT2D eigenvalue weighted by molar-refractivity contribution is -0.121. The van der Waals surface area contributed by atoms with E-state index in [1.807, 2.05) is 24.3 Å². The van der Waals surface area contributed by atoms with Crippen LogP contribution in [0, 0.1) is 5.92 Å². The van der Waals surface area contributed by atoms with Crippen molar-refractivity contribution in [1.29, 1.82) is 0 Å². The Bertz CT molecular complexity index is 490. The second-order valence-electron chi connectivity index (χ2n) is 6.62. The molecule has 1 amide bonds. The van der Waals surface area contributed by atoms with Gasteiger partial charge in [-0.05, 0) is 49.4 Å². The van der Waals surface area contributed by atoms with E-state index in [4.69, 9.17) is 11.6 Å². The second-order valence-corrected chi connectivity index (χ2v) is 7.06. The van der Waals surface area contributed by atoms with Crippen LogP contribution in [0.4, 0.5) is 0 Å². The summed E-state index contributed by atoms with van der Waals surface area (Å²) in [5, 5.41) is 3.83. The molecule has 1 fully saturated rings. The number of nitrogens with zero attached hydrogens (tertiary/aromatic N) is 1. The van der Waals surface area contributed by atoms with E-state index in [9.17, 15) is 4.79 Å². The van der Waals surface area contributed by atoms with Gasteiger partial charge in [0.1, 0.15) is 0 Å². The van der Waals surface area contributed by atoms with Gasteiger partial charge in [-0.2, -0.15) is 0 Å². The molecule has 22 heavy (non-hydrogen) atoms. The molecule has 3 nitrogen and oxygen atoms in total. The Kier molecular flexibility index (Phi) is 6.71. The number of rotatable bonds is 7. The summed E-state index contributed by atoms with van der Waals surface area (Å²) in [7, 11) is 0. The number of nitrogens with one attached hydrogen (secondary N) is 1. The number of carbonyl (C=O) groups excluding carboxylic acids is 1. The number of hydrogen-bond donors (Lipinski definition) is 1. The summed E-state index contributed by atoms with van der Waals surface area (Å²) in [4.78, 5) is 14.5. The Hall–Kier alpha value is -1.06. The van der Waals surface area contributed by atoms with Crippen LogP contribution in [0.2, 0.25) is 5.02 Å². The van der Waals surface area contributed by atoms with E-state index in [1.165, 1.54) is 19.4 Å². The lowest BCUT2D eigenvalue weighted by atomic mass is 10.1. The maximum Gasteiger partial charge on any atom is 0.220 e. The number of halogens is 1. The van der Waals surface area contributed by atoms with Gasteiger partial charge in [0.25, 0.3) is 0 Å². The third-order valence-corrected chi connectivity index (χ3v) is 4.40. The molecule has 4 heteroatoms. The molecule has 1 N–H and O–H groups in total. The van der Waals surface area contributed by atoms with Crippen molar-refractivity contribution >= 4 is 17.5 Å². The smallest absolute Gasteiger partial charge is 0.220 e. The van der Waals surface area contributed by atoms with Crippen LogP contribution in [-0.2, 0) is 11.2 Å². The molecule has 0 aliphatic carbocycles. The van der Waals surface area contributed by atoms with Crippen LogP contribution in [-0.4, -0.2) is 36.5 Å². The Morgan fingerprint density at radius 2 is 2.27 bits per heavy atom. The predicted molar refractivity (Wildman–Crippen MR) is 92.2 cm³/mol. The Morgan fingerprint density at radius 1 is 1.45 bits per heavy atom. The van der Waals surface area contributed by atoms with Crippen LogP contribution in [0.25, 0.3) is 0 Å². The molecule has 0 aromatic heterocycles. The summed E-state index contributed by atoms with van der Waals surface area (Å²) >= 11 is 5.96. The van der Waals surface area contributed by atoms with Gasteiger partial charge in [-0.3, -0.25) is 9.69 Å². The fourth-order valence-corrected chi connectivity index (χ4v) is 3.32. The molecule has 1 aromatic rings. The minimum absolute atomic E-state index is 0.136. The summed E-state index contributed by atoms with van der Waals surface area (Å²) < 4.78 is 0. The van der Waals surface area contributed by atoms with Crippen molar-refractivity contribution in [2.45, 2.75) is 45.6 Å². The largest absolute Gasteiger partial charge is 0.355 e. The summed E-state index contributed by atoms with van der Waals surface area (Å²) in [6.07, 6.45) is 3.71. The van der Waals surface area contributed by atoms with Crippen LogP contribution in [0.1, 0.15) is 38.7 Å². The van der Waals surface area contributed by atoms with E-state index in [-0.39, 0.29) is 5.91 Å². The first-order valence-corrected chi connectivity index (χ1v) is 8.67. The molecule has 2 rings (SSSR count). The van der Waals surface area contributed by atoms with Gasteiger partial charge in [0.05, 0.1) is 0 Å². The zero-order valence-electron chi connectivity index (χ0n) is 13.6. The van der Waals surface area contributed by atoms with Crippen molar-refractivity contribution in [2.75, 3.05) is 19.6 Å². The minimum atomic E-state index is 0.136. The van der Waals surface area contributed by atoms with E-state index in [2.05, 4.69) is 24.1 Å². The molecular formula is C18H27ClN2O. The van der Waals surface area contributed by atoms with Gasteiger partial charge in [0.2, 0.25) is 5.91 Å². The standard InChI is InChI=1S/C18H27ClN2O/c1-14(2)13-21-10-4-7-17(21)12-20-18(22)9-8-15-5-3-6-16(19)11-15/h3,5-6,11,14,17H,4,7-10,12-13H2,1-2H3,(H,20,22)/t17-/m0/s1. The van der Waals surface area contributed by atoms with Crippen LogP contribution in [0.5, 0.6) is 0 Å². The average Bonchev–Trinajstić information content (AvgIpc) is 2.89. The topological polar surface area (TPSA) is 32.3 Å². The van der Waals surface area contributed by atoms with Gasteiger partial charge in [0, 0.05) is 30.6 Å². The van der Waals surface area contributed by atoms with Crippen molar-refractivity contribution in [3.8, 4) is 0 Å². The molecular weight excluding hydrogens is 296 g/mol. The monoisotopic (exact) mass is 322 g/mol. The number of hydrogen-bond acceptors (Lipinski definition) is 2. The van der Waals surface area contributed by atoms with Crippen molar-refractivity contribution < 1.29 is 4.79 Å². The van der Waals surface area contributed by atoms with E-state index in [0.717, 1.165) is 30.1 Å². The molecule has 0 radical (unpaired) electrons. The highest BCUT2D eigenvalue weighted by atomic mass is 35.5. The molecule has 0 saturated carbocycles. The van der Waals surface area contributed by atoms with Gasteiger partial charge in [-0.15, -0.1) is 0 Å². The van der Waals surface area contributed by atoms with Gasteiger partial charge < -0.3 is 5.32 Å². The molecule has 0 spiro atoms. The van der Waals surface area contributed by atoms with Gasteiger partial charge in [-0.1, -0.05) is 37.6 Å². The molecule has 1 aromatic carbocycles.